The fraction of sp³-hybridized carbons (Fsp3) is 0.571. The zero-order chi connectivity index (χ0) is 15.2. The first-order valence-electron chi connectivity index (χ1n) is 6.73. The van der Waals surface area contributed by atoms with Gasteiger partial charge in [0.15, 0.2) is 6.29 Å². The lowest BCUT2D eigenvalue weighted by Gasteiger charge is -2.41. The Hall–Kier alpha value is -1.63. The Kier molecular flexibility index (Phi) is 5.55. The molecule has 1 heterocycles. The summed E-state index contributed by atoms with van der Waals surface area (Å²) in [6, 6.07) is 8.83. The van der Waals surface area contributed by atoms with Crippen LogP contribution >= 0.6 is 0 Å². The number of ether oxygens (including phenoxy) is 3. The molecule has 0 spiro atoms. The monoisotopic (exact) mass is 293 g/mol. The maximum atomic E-state index is 10.2. The van der Waals surface area contributed by atoms with Crippen molar-refractivity contribution in [3.63, 3.8) is 0 Å². The van der Waals surface area contributed by atoms with E-state index in [0.717, 1.165) is 5.56 Å². The number of azide groups is 1. The van der Waals surface area contributed by atoms with Crippen LogP contribution in [0.25, 0.3) is 10.4 Å². The predicted octanol–water partition coefficient (Wildman–Crippen LogP) is 2.00. The van der Waals surface area contributed by atoms with Gasteiger partial charge in [-0.2, -0.15) is 0 Å². The Morgan fingerprint density at radius 2 is 2.10 bits per heavy atom. The molecule has 0 radical (unpaired) electrons. The first kappa shape index (κ1) is 15.8. The summed E-state index contributed by atoms with van der Waals surface area (Å²) >= 11 is 0. The second-order valence-corrected chi connectivity index (χ2v) is 4.89. The van der Waals surface area contributed by atoms with E-state index in [0.29, 0.717) is 6.61 Å². The Morgan fingerprint density at radius 1 is 1.38 bits per heavy atom. The second-order valence-electron chi connectivity index (χ2n) is 4.89. The third-order valence-corrected chi connectivity index (χ3v) is 3.48. The van der Waals surface area contributed by atoms with Crippen LogP contribution in [0.5, 0.6) is 0 Å². The van der Waals surface area contributed by atoms with Gasteiger partial charge in [-0.15, -0.1) is 0 Å². The standard InChI is InChI=1S/C14H19N3O4/c1-9-12(18)13(11(16-17-15)14(19-2)21-9)20-8-10-6-4-3-5-7-10/h3-7,9,11-14,18H,8H2,1-2H3/t9?,11?,12-,13?,14+/m1/s1. The molecule has 1 N–H and O–H groups in total. The zero-order valence-corrected chi connectivity index (χ0v) is 12.0. The summed E-state index contributed by atoms with van der Waals surface area (Å²) in [4.78, 5) is 2.80. The van der Waals surface area contributed by atoms with E-state index in [1.54, 1.807) is 6.92 Å². The van der Waals surface area contributed by atoms with E-state index in [2.05, 4.69) is 10.0 Å². The van der Waals surface area contributed by atoms with E-state index in [4.69, 9.17) is 19.7 Å². The molecule has 3 unspecified atom stereocenters. The van der Waals surface area contributed by atoms with Gasteiger partial charge in [0.2, 0.25) is 0 Å². The highest BCUT2D eigenvalue weighted by molar-refractivity contribution is 5.13. The summed E-state index contributed by atoms with van der Waals surface area (Å²) in [6.07, 6.45) is -2.79. The van der Waals surface area contributed by atoms with Gasteiger partial charge < -0.3 is 19.3 Å². The second kappa shape index (κ2) is 7.40. The molecule has 5 atom stereocenters. The van der Waals surface area contributed by atoms with Crippen molar-refractivity contribution >= 4 is 0 Å². The molecule has 1 aliphatic rings. The maximum Gasteiger partial charge on any atom is 0.168 e. The summed E-state index contributed by atoms with van der Waals surface area (Å²) < 4.78 is 16.4. The summed E-state index contributed by atoms with van der Waals surface area (Å²) in [7, 11) is 1.46. The van der Waals surface area contributed by atoms with Crippen molar-refractivity contribution in [2.75, 3.05) is 7.11 Å². The molecule has 7 heteroatoms. The molecule has 0 aliphatic carbocycles. The van der Waals surface area contributed by atoms with Gasteiger partial charge >= 0.3 is 0 Å². The van der Waals surface area contributed by atoms with Gasteiger partial charge in [0.25, 0.3) is 0 Å². The first-order chi connectivity index (χ1) is 10.2. The number of aliphatic hydroxyl groups excluding tert-OH is 1. The van der Waals surface area contributed by atoms with E-state index < -0.39 is 30.6 Å². The molecule has 0 amide bonds. The van der Waals surface area contributed by atoms with Crippen LogP contribution in [0.1, 0.15) is 12.5 Å². The fourth-order valence-electron chi connectivity index (χ4n) is 2.34. The highest BCUT2D eigenvalue weighted by Crippen LogP contribution is 2.27. The largest absolute Gasteiger partial charge is 0.388 e. The smallest absolute Gasteiger partial charge is 0.168 e. The SMILES string of the molecule is CO[C@H]1OC(C)[C@@H](O)C(OCc2ccccc2)C1N=[N+]=[N-]. The van der Waals surface area contributed by atoms with Gasteiger partial charge in [-0.05, 0) is 18.0 Å². The molecule has 2 rings (SSSR count). The molecule has 0 aromatic heterocycles. The molecule has 21 heavy (non-hydrogen) atoms. The van der Waals surface area contributed by atoms with Gasteiger partial charge in [0.1, 0.15) is 12.1 Å². The molecular weight excluding hydrogens is 274 g/mol. The highest BCUT2D eigenvalue weighted by Gasteiger charge is 2.44. The molecule has 1 saturated heterocycles. The van der Waals surface area contributed by atoms with Crippen molar-refractivity contribution in [2.24, 2.45) is 5.11 Å². The number of methoxy groups -OCH3 is 1. The summed E-state index contributed by atoms with van der Waals surface area (Å²) in [6.45, 7) is 2.03. The van der Waals surface area contributed by atoms with Crippen LogP contribution in [0.15, 0.2) is 35.4 Å². The molecule has 0 saturated carbocycles. The predicted molar refractivity (Wildman–Crippen MR) is 75.3 cm³/mol. The lowest BCUT2D eigenvalue weighted by molar-refractivity contribution is -0.256. The fourth-order valence-corrected chi connectivity index (χ4v) is 2.34. The van der Waals surface area contributed by atoms with Gasteiger partial charge in [-0.25, -0.2) is 0 Å². The summed E-state index contributed by atoms with van der Waals surface area (Å²) in [5.74, 6) is 0. The van der Waals surface area contributed by atoms with Gasteiger partial charge in [0, 0.05) is 12.0 Å². The molecule has 7 nitrogen and oxygen atoms in total. The van der Waals surface area contributed by atoms with E-state index in [9.17, 15) is 5.11 Å². The van der Waals surface area contributed by atoms with E-state index in [1.807, 2.05) is 30.3 Å². The number of nitrogens with zero attached hydrogens (tertiary/aromatic N) is 3. The Labute approximate surface area is 123 Å². The molecular formula is C14H19N3O4. The van der Waals surface area contributed by atoms with Crippen LogP contribution in [0.2, 0.25) is 0 Å². The Bertz CT molecular complexity index is 492. The highest BCUT2D eigenvalue weighted by atomic mass is 16.7. The molecule has 0 bridgehead atoms. The van der Waals surface area contributed by atoms with Crippen molar-refractivity contribution in [1.29, 1.82) is 0 Å². The van der Waals surface area contributed by atoms with Crippen LogP contribution in [0.4, 0.5) is 0 Å². The van der Waals surface area contributed by atoms with Crippen LogP contribution in [0, 0.1) is 0 Å². The Balaban J connectivity index is 2.12. The lowest BCUT2D eigenvalue weighted by atomic mass is 9.98. The topological polar surface area (TPSA) is 96.7 Å². The number of benzene rings is 1. The van der Waals surface area contributed by atoms with Gasteiger partial charge in [-0.3, -0.25) is 0 Å². The van der Waals surface area contributed by atoms with Gasteiger partial charge in [-0.1, -0.05) is 35.4 Å². The number of rotatable bonds is 5. The normalized spacial score (nSPS) is 32.4. The summed E-state index contributed by atoms with van der Waals surface area (Å²) in [5, 5.41) is 13.9. The number of aliphatic hydroxyl groups is 1. The minimum atomic E-state index is -0.893. The van der Waals surface area contributed by atoms with Crippen LogP contribution < -0.4 is 0 Å². The molecule has 1 aliphatic heterocycles. The van der Waals surface area contributed by atoms with Crippen molar-refractivity contribution < 1.29 is 19.3 Å². The molecule has 1 fully saturated rings. The van der Waals surface area contributed by atoms with Crippen LogP contribution in [0.3, 0.4) is 0 Å². The minimum absolute atomic E-state index is 0.309. The first-order valence-corrected chi connectivity index (χ1v) is 6.73. The maximum absolute atomic E-state index is 10.2. The van der Waals surface area contributed by atoms with Crippen LogP contribution in [-0.4, -0.2) is 42.9 Å². The number of hydrogen-bond donors (Lipinski definition) is 1. The van der Waals surface area contributed by atoms with E-state index >= 15 is 0 Å². The third-order valence-electron chi connectivity index (χ3n) is 3.48. The Morgan fingerprint density at radius 3 is 2.71 bits per heavy atom. The van der Waals surface area contributed by atoms with Crippen LogP contribution in [-0.2, 0) is 20.8 Å². The minimum Gasteiger partial charge on any atom is -0.388 e. The average molecular weight is 293 g/mol. The van der Waals surface area contributed by atoms with Crippen molar-refractivity contribution in [2.45, 2.75) is 44.2 Å². The third kappa shape index (κ3) is 3.72. The van der Waals surface area contributed by atoms with Crippen molar-refractivity contribution in [3.05, 3.63) is 46.3 Å². The molecule has 1 aromatic rings. The molecule has 114 valence electrons. The van der Waals surface area contributed by atoms with E-state index in [1.165, 1.54) is 7.11 Å². The zero-order valence-electron chi connectivity index (χ0n) is 12.0. The summed E-state index contributed by atoms with van der Waals surface area (Å²) in [5.41, 5.74) is 9.67. The number of hydrogen-bond acceptors (Lipinski definition) is 5. The van der Waals surface area contributed by atoms with Crippen molar-refractivity contribution in [1.82, 2.24) is 0 Å². The van der Waals surface area contributed by atoms with E-state index in [-0.39, 0.29) is 0 Å². The average Bonchev–Trinajstić information content (AvgIpc) is 2.51. The quantitative estimate of drug-likeness (QED) is 0.510. The van der Waals surface area contributed by atoms with Gasteiger partial charge in [0.05, 0.1) is 18.8 Å². The van der Waals surface area contributed by atoms with Crippen molar-refractivity contribution in [3.8, 4) is 0 Å². The molecule has 1 aromatic carbocycles. The lowest BCUT2D eigenvalue weighted by Crippen LogP contribution is -2.57.